The molecule has 22 heavy (non-hydrogen) atoms. The van der Waals surface area contributed by atoms with E-state index in [1.54, 1.807) is 0 Å². The summed E-state index contributed by atoms with van der Waals surface area (Å²) >= 11 is 0. The normalized spacial score (nSPS) is 18.7. The molecule has 1 aromatic carbocycles. The molecule has 0 spiro atoms. The van der Waals surface area contributed by atoms with Crippen molar-refractivity contribution in [2.24, 2.45) is 0 Å². The molecule has 0 unspecified atom stereocenters. The average Bonchev–Trinajstić information content (AvgIpc) is 3.29. The highest BCUT2D eigenvalue weighted by atomic mass is 19.4. The van der Waals surface area contributed by atoms with Gasteiger partial charge < -0.3 is 23.7 Å². The summed E-state index contributed by atoms with van der Waals surface area (Å²) in [6.07, 6.45) is -7.01. The number of halogens is 3. The number of ether oxygens (including phenoxy) is 5. The van der Waals surface area contributed by atoms with Crippen LogP contribution in [0.15, 0.2) is 12.1 Å². The smallest absolute Gasteiger partial charge is 0.419 e. The highest BCUT2D eigenvalue weighted by molar-refractivity contribution is 5.51. The highest BCUT2D eigenvalue weighted by Gasteiger charge is 2.45. The third kappa shape index (κ3) is 3.75. The van der Waals surface area contributed by atoms with E-state index in [-0.39, 0.29) is 35.5 Å². The van der Waals surface area contributed by atoms with Crippen LogP contribution in [0.25, 0.3) is 0 Å². The SMILES string of the molecule is COc1cc(OC)c([C@H](OC[C@H]2CO2)C(F)(F)F)cc1OC. The van der Waals surface area contributed by atoms with Gasteiger partial charge in [0, 0.05) is 11.6 Å². The molecule has 2 rings (SSSR count). The Balaban J connectivity index is 2.39. The second-order valence-corrected chi connectivity index (χ2v) is 4.66. The Bertz CT molecular complexity index is 514. The van der Waals surface area contributed by atoms with E-state index in [1.165, 1.54) is 33.5 Å². The van der Waals surface area contributed by atoms with Crippen molar-refractivity contribution in [2.75, 3.05) is 34.5 Å². The van der Waals surface area contributed by atoms with Gasteiger partial charge in [-0.3, -0.25) is 0 Å². The zero-order valence-corrected chi connectivity index (χ0v) is 12.4. The van der Waals surface area contributed by atoms with E-state index in [0.717, 1.165) is 0 Å². The lowest BCUT2D eigenvalue weighted by Gasteiger charge is -2.24. The maximum atomic E-state index is 13.3. The Morgan fingerprint density at radius 1 is 1.09 bits per heavy atom. The Hall–Kier alpha value is -1.67. The van der Waals surface area contributed by atoms with Crippen molar-refractivity contribution in [1.29, 1.82) is 0 Å². The summed E-state index contributed by atoms with van der Waals surface area (Å²) in [5.74, 6) is 0.449. The van der Waals surface area contributed by atoms with Crippen LogP contribution in [0.2, 0.25) is 0 Å². The van der Waals surface area contributed by atoms with Gasteiger partial charge in [-0.2, -0.15) is 13.2 Å². The quantitative estimate of drug-likeness (QED) is 0.723. The molecule has 1 aliphatic heterocycles. The maximum absolute atomic E-state index is 13.3. The van der Waals surface area contributed by atoms with Crippen LogP contribution in [-0.4, -0.2) is 46.8 Å². The lowest BCUT2D eigenvalue weighted by atomic mass is 10.1. The van der Waals surface area contributed by atoms with Crippen LogP contribution < -0.4 is 14.2 Å². The van der Waals surface area contributed by atoms with Crippen molar-refractivity contribution < 1.29 is 36.9 Å². The number of hydrogen-bond donors (Lipinski definition) is 0. The fraction of sp³-hybridized carbons (Fsp3) is 0.571. The molecule has 0 N–H and O–H groups in total. The summed E-state index contributed by atoms with van der Waals surface area (Å²) in [6.45, 7) is 0.273. The minimum absolute atomic E-state index is 0.0108. The minimum atomic E-state index is -4.60. The average molecular weight is 322 g/mol. The molecule has 2 atom stereocenters. The van der Waals surface area contributed by atoms with E-state index in [2.05, 4.69) is 0 Å². The van der Waals surface area contributed by atoms with Crippen LogP contribution in [0.5, 0.6) is 17.2 Å². The first-order chi connectivity index (χ1) is 10.4. The number of hydrogen-bond acceptors (Lipinski definition) is 5. The lowest BCUT2D eigenvalue weighted by molar-refractivity contribution is -0.225. The molecule has 1 heterocycles. The zero-order chi connectivity index (χ0) is 16.3. The van der Waals surface area contributed by atoms with Crippen molar-refractivity contribution in [1.82, 2.24) is 0 Å². The van der Waals surface area contributed by atoms with Gasteiger partial charge in [-0.25, -0.2) is 0 Å². The van der Waals surface area contributed by atoms with Crippen molar-refractivity contribution >= 4 is 0 Å². The summed E-state index contributed by atoms with van der Waals surface area (Å²) in [5.41, 5.74) is -0.173. The van der Waals surface area contributed by atoms with Crippen LogP contribution in [0.4, 0.5) is 13.2 Å². The molecule has 0 amide bonds. The van der Waals surface area contributed by atoms with Gasteiger partial charge in [0.2, 0.25) is 0 Å². The minimum Gasteiger partial charge on any atom is -0.496 e. The van der Waals surface area contributed by atoms with Crippen LogP contribution in [0.1, 0.15) is 11.7 Å². The molecule has 1 aliphatic rings. The monoisotopic (exact) mass is 322 g/mol. The molecular formula is C14H17F3O5. The first-order valence-electron chi connectivity index (χ1n) is 6.50. The first-order valence-corrected chi connectivity index (χ1v) is 6.50. The molecular weight excluding hydrogens is 305 g/mol. The predicted molar refractivity (Wildman–Crippen MR) is 70.6 cm³/mol. The largest absolute Gasteiger partial charge is 0.496 e. The van der Waals surface area contributed by atoms with E-state index in [0.29, 0.717) is 6.61 Å². The summed E-state index contributed by atoms with van der Waals surface area (Å²) in [5, 5.41) is 0. The maximum Gasteiger partial charge on any atom is 0.419 e. The van der Waals surface area contributed by atoms with Crippen LogP contribution in [-0.2, 0) is 9.47 Å². The molecule has 8 heteroatoms. The highest BCUT2D eigenvalue weighted by Crippen LogP contribution is 2.44. The van der Waals surface area contributed by atoms with Crippen LogP contribution in [0.3, 0.4) is 0 Å². The standard InChI is InChI=1S/C14H17F3O5/c1-18-10-5-12(20-3)11(19-2)4-9(10)13(14(15,16)17)22-7-8-6-21-8/h4-5,8,13H,6-7H2,1-3H3/t8-,13+/m1/s1. The Labute approximate surface area is 125 Å². The van der Waals surface area contributed by atoms with Crippen molar-refractivity contribution in [3.63, 3.8) is 0 Å². The number of benzene rings is 1. The van der Waals surface area contributed by atoms with E-state index >= 15 is 0 Å². The molecule has 1 saturated heterocycles. The fourth-order valence-corrected chi connectivity index (χ4v) is 1.99. The Kier molecular flexibility index (Phi) is 5.02. The summed E-state index contributed by atoms with van der Waals surface area (Å²) in [4.78, 5) is 0. The molecule has 1 fully saturated rings. The molecule has 0 saturated carbocycles. The number of rotatable bonds is 7. The van der Waals surface area contributed by atoms with Crippen molar-refractivity contribution in [3.05, 3.63) is 17.7 Å². The molecule has 0 radical (unpaired) electrons. The van der Waals surface area contributed by atoms with Gasteiger partial charge >= 0.3 is 6.18 Å². The summed E-state index contributed by atoms with van der Waals surface area (Å²) in [6, 6.07) is 2.55. The number of alkyl halides is 3. The van der Waals surface area contributed by atoms with Gasteiger partial charge in [0.25, 0.3) is 0 Å². The third-order valence-corrected chi connectivity index (χ3v) is 3.17. The topological polar surface area (TPSA) is 49.5 Å². The number of epoxide rings is 1. The molecule has 1 aromatic rings. The lowest BCUT2D eigenvalue weighted by Crippen LogP contribution is -2.25. The van der Waals surface area contributed by atoms with Gasteiger partial charge in [0.1, 0.15) is 11.9 Å². The molecule has 0 bridgehead atoms. The molecule has 0 aromatic heterocycles. The third-order valence-electron chi connectivity index (χ3n) is 3.17. The number of methoxy groups -OCH3 is 3. The predicted octanol–water partition coefficient (Wildman–Crippen LogP) is 2.73. The van der Waals surface area contributed by atoms with Gasteiger partial charge in [-0.15, -0.1) is 0 Å². The van der Waals surface area contributed by atoms with Crippen LogP contribution in [0, 0.1) is 0 Å². The van der Waals surface area contributed by atoms with Gasteiger partial charge in [-0.1, -0.05) is 0 Å². The zero-order valence-electron chi connectivity index (χ0n) is 12.4. The van der Waals surface area contributed by atoms with E-state index in [4.69, 9.17) is 23.7 Å². The van der Waals surface area contributed by atoms with Crippen molar-refractivity contribution in [2.45, 2.75) is 18.4 Å². The van der Waals surface area contributed by atoms with E-state index < -0.39 is 12.3 Å². The van der Waals surface area contributed by atoms with Gasteiger partial charge in [0.05, 0.1) is 34.5 Å². The van der Waals surface area contributed by atoms with Gasteiger partial charge in [-0.05, 0) is 6.07 Å². The molecule has 124 valence electrons. The van der Waals surface area contributed by atoms with Crippen LogP contribution >= 0.6 is 0 Å². The van der Waals surface area contributed by atoms with Gasteiger partial charge in [0.15, 0.2) is 17.6 Å². The summed E-state index contributed by atoms with van der Waals surface area (Å²) in [7, 11) is 4.01. The Morgan fingerprint density at radius 3 is 2.09 bits per heavy atom. The van der Waals surface area contributed by atoms with Crippen molar-refractivity contribution in [3.8, 4) is 17.2 Å². The Morgan fingerprint density at radius 2 is 1.64 bits per heavy atom. The fourth-order valence-electron chi connectivity index (χ4n) is 1.99. The first kappa shape index (κ1) is 16.7. The molecule has 0 aliphatic carbocycles. The second-order valence-electron chi connectivity index (χ2n) is 4.66. The second kappa shape index (κ2) is 6.62. The van der Waals surface area contributed by atoms with E-state index in [1.807, 2.05) is 0 Å². The van der Waals surface area contributed by atoms with E-state index in [9.17, 15) is 13.2 Å². The molecule has 5 nitrogen and oxygen atoms in total. The summed E-state index contributed by atoms with van der Waals surface area (Å²) < 4.78 is 65.0.